The van der Waals surface area contributed by atoms with Crippen molar-refractivity contribution in [1.82, 2.24) is 9.78 Å². The number of hydrogen-bond acceptors (Lipinski definition) is 3. The molecule has 2 rings (SSSR count). The first kappa shape index (κ1) is 13.2. The Kier molecular flexibility index (Phi) is 4.77. The summed E-state index contributed by atoms with van der Waals surface area (Å²) in [5.41, 5.74) is 7.21. The molecule has 1 aromatic rings. The third-order valence-corrected chi connectivity index (χ3v) is 5.08. The Balaban J connectivity index is 1.93. The Bertz CT molecular complexity index is 361. The van der Waals surface area contributed by atoms with Gasteiger partial charge in [0.15, 0.2) is 0 Å². The summed E-state index contributed by atoms with van der Waals surface area (Å²) in [6.07, 6.45) is 7.14. The van der Waals surface area contributed by atoms with Crippen molar-refractivity contribution in [3.63, 3.8) is 0 Å². The Labute approximate surface area is 112 Å². The minimum absolute atomic E-state index is 0.00412. The van der Waals surface area contributed by atoms with Crippen LogP contribution in [0.5, 0.6) is 0 Å². The average Bonchev–Trinajstić information content (AvgIpc) is 2.94. The molecular weight excluding hydrogens is 254 g/mol. The number of nitrogens with zero attached hydrogens (tertiary/aromatic N) is 2. The van der Waals surface area contributed by atoms with Gasteiger partial charge in [0.2, 0.25) is 0 Å². The minimum atomic E-state index is -0.00412. The zero-order valence-corrected chi connectivity index (χ0v) is 11.8. The van der Waals surface area contributed by atoms with Crippen LogP contribution in [-0.4, -0.2) is 20.8 Å². The Morgan fingerprint density at radius 1 is 1.59 bits per heavy atom. The van der Waals surface area contributed by atoms with Crippen LogP contribution in [0.4, 0.5) is 0 Å². The van der Waals surface area contributed by atoms with Crippen LogP contribution >= 0.6 is 23.4 Å². The van der Waals surface area contributed by atoms with E-state index in [-0.39, 0.29) is 6.04 Å². The van der Waals surface area contributed by atoms with Crippen LogP contribution < -0.4 is 5.73 Å². The van der Waals surface area contributed by atoms with E-state index in [2.05, 4.69) is 12.0 Å². The van der Waals surface area contributed by atoms with E-state index in [0.29, 0.717) is 5.02 Å². The fourth-order valence-corrected chi connectivity index (χ4v) is 3.95. The predicted molar refractivity (Wildman–Crippen MR) is 74.6 cm³/mol. The van der Waals surface area contributed by atoms with E-state index in [0.717, 1.165) is 23.2 Å². The van der Waals surface area contributed by atoms with Crippen molar-refractivity contribution >= 4 is 23.4 Å². The standard InChI is InChI=1S/C12H20ClN3S/c1-2-16-12(10(13)7-15-16)11(14)8-17-9-5-3-4-6-9/h7,9,11H,2-6,8,14H2,1H3. The molecule has 3 nitrogen and oxygen atoms in total. The van der Waals surface area contributed by atoms with Gasteiger partial charge in [0.05, 0.1) is 23.0 Å². The molecule has 2 N–H and O–H groups in total. The van der Waals surface area contributed by atoms with Crippen molar-refractivity contribution in [3.05, 3.63) is 16.9 Å². The van der Waals surface area contributed by atoms with Crippen LogP contribution in [0.15, 0.2) is 6.20 Å². The largest absolute Gasteiger partial charge is 0.322 e. The maximum Gasteiger partial charge on any atom is 0.0834 e. The number of aromatic nitrogens is 2. The molecule has 0 aliphatic heterocycles. The lowest BCUT2D eigenvalue weighted by Gasteiger charge is -2.16. The van der Waals surface area contributed by atoms with Crippen LogP contribution in [0.2, 0.25) is 5.02 Å². The van der Waals surface area contributed by atoms with Crippen LogP contribution in [0.1, 0.15) is 44.3 Å². The van der Waals surface area contributed by atoms with Gasteiger partial charge in [0.1, 0.15) is 0 Å². The zero-order valence-electron chi connectivity index (χ0n) is 10.2. The van der Waals surface area contributed by atoms with E-state index >= 15 is 0 Å². The molecule has 1 heterocycles. The number of nitrogens with two attached hydrogens (primary N) is 1. The molecule has 0 saturated heterocycles. The lowest BCUT2D eigenvalue weighted by atomic mass is 10.2. The SMILES string of the molecule is CCn1ncc(Cl)c1C(N)CSC1CCCC1. The molecule has 0 amide bonds. The summed E-state index contributed by atoms with van der Waals surface area (Å²) in [5.74, 6) is 0.941. The van der Waals surface area contributed by atoms with Gasteiger partial charge in [-0.2, -0.15) is 16.9 Å². The van der Waals surface area contributed by atoms with Gasteiger partial charge in [0, 0.05) is 17.5 Å². The second kappa shape index (κ2) is 6.12. The molecule has 96 valence electrons. The number of aryl methyl sites for hydroxylation is 1. The highest BCUT2D eigenvalue weighted by Gasteiger charge is 2.20. The monoisotopic (exact) mass is 273 g/mol. The third kappa shape index (κ3) is 3.18. The van der Waals surface area contributed by atoms with Crippen molar-refractivity contribution in [2.45, 2.75) is 50.4 Å². The summed E-state index contributed by atoms with van der Waals surface area (Å²) in [6.45, 7) is 2.88. The molecule has 1 fully saturated rings. The van der Waals surface area contributed by atoms with Gasteiger partial charge in [-0.05, 0) is 19.8 Å². The molecule has 1 atom stereocenters. The maximum absolute atomic E-state index is 6.23. The van der Waals surface area contributed by atoms with Gasteiger partial charge in [-0.15, -0.1) is 0 Å². The first-order valence-electron chi connectivity index (χ1n) is 6.30. The smallest absolute Gasteiger partial charge is 0.0834 e. The Morgan fingerprint density at radius 3 is 2.94 bits per heavy atom. The minimum Gasteiger partial charge on any atom is -0.322 e. The molecule has 0 spiro atoms. The van der Waals surface area contributed by atoms with Crippen LogP contribution in [0, 0.1) is 0 Å². The van der Waals surface area contributed by atoms with E-state index in [9.17, 15) is 0 Å². The third-order valence-electron chi connectivity index (χ3n) is 3.30. The van der Waals surface area contributed by atoms with Gasteiger partial charge < -0.3 is 5.73 Å². The molecular formula is C12H20ClN3S. The molecule has 1 aliphatic carbocycles. The highest BCUT2D eigenvalue weighted by atomic mass is 35.5. The van der Waals surface area contributed by atoms with E-state index < -0.39 is 0 Å². The van der Waals surface area contributed by atoms with Crippen molar-refractivity contribution in [3.8, 4) is 0 Å². The van der Waals surface area contributed by atoms with Crippen LogP contribution in [0.3, 0.4) is 0 Å². The average molecular weight is 274 g/mol. The van der Waals surface area contributed by atoms with Gasteiger partial charge in [-0.3, -0.25) is 4.68 Å². The lowest BCUT2D eigenvalue weighted by molar-refractivity contribution is 0.592. The van der Waals surface area contributed by atoms with Gasteiger partial charge in [-0.1, -0.05) is 24.4 Å². The summed E-state index contributed by atoms with van der Waals surface area (Å²) < 4.78 is 1.90. The summed E-state index contributed by atoms with van der Waals surface area (Å²) >= 11 is 8.13. The fourth-order valence-electron chi connectivity index (χ4n) is 2.37. The number of hydrogen-bond donors (Lipinski definition) is 1. The van der Waals surface area contributed by atoms with E-state index in [1.165, 1.54) is 25.7 Å². The molecule has 0 radical (unpaired) electrons. The summed E-state index contributed by atoms with van der Waals surface area (Å²) in [4.78, 5) is 0. The molecule has 1 aliphatic rings. The second-order valence-corrected chi connectivity index (χ2v) is 6.28. The highest BCUT2D eigenvalue weighted by molar-refractivity contribution is 7.99. The maximum atomic E-state index is 6.23. The lowest BCUT2D eigenvalue weighted by Crippen LogP contribution is -2.19. The van der Waals surface area contributed by atoms with Crippen LogP contribution in [0.25, 0.3) is 0 Å². The zero-order chi connectivity index (χ0) is 12.3. The predicted octanol–water partition coefficient (Wildman–Crippen LogP) is 3.23. The van der Waals surface area contributed by atoms with Crippen molar-refractivity contribution in [2.75, 3.05) is 5.75 Å². The Hall–Kier alpha value is -0.190. The normalized spacial score (nSPS) is 18.8. The van der Waals surface area contributed by atoms with Gasteiger partial charge >= 0.3 is 0 Å². The molecule has 5 heteroatoms. The first-order chi connectivity index (χ1) is 8.22. The molecule has 0 bridgehead atoms. The number of halogens is 1. The summed E-state index contributed by atoms with van der Waals surface area (Å²) in [7, 11) is 0. The van der Waals surface area contributed by atoms with E-state index in [4.69, 9.17) is 17.3 Å². The van der Waals surface area contributed by atoms with Crippen molar-refractivity contribution in [2.24, 2.45) is 5.73 Å². The summed E-state index contributed by atoms with van der Waals surface area (Å²) in [6, 6.07) is -0.00412. The van der Waals surface area contributed by atoms with Gasteiger partial charge in [-0.25, -0.2) is 0 Å². The molecule has 1 aromatic heterocycles. The number of thioether (sulfide) groups is 1. The first-order valence-corrected chi connectivity index (χ1v) is 7.73. The molecule has 1 saturated carbocycles. The molecule has 1 unspecified atom stereocenters. The molecule has 17 heavy (non-hydrogen) atoms. The highest BCUT2D eigenvalue weighted by Crippen LogP contribution is 2.32. The second-order valence-electron chi connectivity index (χ2n) is 4.54. The fraction of sp³-hybridized carbons (Fsp3) is 0.750. The molecule has 0 aromatic carbocycles. The van der Waals surface area contributed by atoms with E-state index in [1.807, 2.05) is 16.4 Å². The van der Waals surface area contributed by atoms with Crippen LogP contribution in [-0.2, 0) is 6.54 Å². The number of rotatable bonds is 5. The topological polar surface area (TPSA) is 43.8 Å². The van der Waals surface area contributed by atoms with E-state index in [1.54, 1.807) is 6.20 Å². The van der Waals surface area contributed by atoms with Crippen molar-refractivity contribution < 1.29 is 0 Å². The van der Waals surface area contributed by atoms with Gasteiger partial charge in [0.25, 0.3) is 0 Å². The van der Waals surface area contributed by atoms with Crippen molar-refractivity contribution in [1.29, 1.82) is 0 Å². The Morgan fingerprint density at radius 2 is 2.29 bits per heavy atom. The summed E-state index contributed by atoms with van der Waals surface area (Å²) in [5, 5.41) is 5.73. The quantitative estimate of drug-likeness (QED) is 0.896.